The van der Waals surface area contributed by atoms with Gasteiger partial charge in [-0.05, 0) is 44.6 Å². The quantitative estimate of drug-likeness (QED) is 0.455. The van der Waals surface area contributed by atoms with E-state index in [1.54, 1.807) is 11.9 Å². The number of nitrogens with one attached hydrogen (secondary N) is 1. The molecular formula is C21H31F4N5O2. The zero-order valence-corrected chi connectivity index (χ0v) is 18.2. The molecule has 1 aliphatic heterocycles. The van der Waals surface area contributed by atoms with Gasteiger partial charge in [-0.3, -0.25) is 4.90 Å². The van der Waals surface area contributed by atoms with E-state index in [1.807, 2.05) is 4.90 Å². The van der Waals surface area contributed by atoms with Crippen molar-refractivity contribution in [3.8, 4) is 0 Å². The summed E-state index contributed by atoms with van der Waals surface area (Å²) in [6, 6.07) is 0. The van der Waals surface area contributed by atoms with E-state index in [2.05, 4.69) is 15.3 Å². The minimum Gasteiger partial charge on any atom is -0.391 e. The number of hydrogen-bond acceptors (Lipinski definition) is 7. The predicted molar refractivity (Wildman–Crippen MR) is 112 cm³/mol. The molecule has 2 heterocycles. The Labute approximate surface area is 185 Å². The van der Waals surface area contributed by atoms with Crippen molar-refractivity contribution >= 4 is 17.9 Å². The van der Waals surface area contributed by atoms with Gasteiger partial charge in [-0.2, -0.15) is 17.6 Å². The molecular weight excluding hydrogens is 430 g/mol. The molecule has 0 amide bonds. The lowest BCUT2D eigenvalue weighted by Crippen LogP contribution is -2.46. The summed E-state index contributed by atoms with van der Waals surface area (Å²) in [6.07, 6.45) is -0.932. The lowest BCUT2D eigenvalue weighted by atomic mass is 9.81. The first kappa shape index (κ1) is 24.6. The van der Waals surface area contributed by atoms with E-state index in [0.717, 1.165) is 6.29 Å². The van der Waals surface area contributed by atoms with E-state index in [1.165, 1.54) is 6.33 Å². The minimum atomic E-state index is -4.14. The highest BCUT2D eigenvalue weighted by Crippen LogP contribution is 2.40. The summed E-state index contributed by atoms with van der Waals surface area (Å²) in [5.74, 6) is -1.77. The Kier molecular flexibility index (Phi) is 8.26. The highest BCUT2D eigenvalue weighted by Gasteiger charge is 2.41. The smallest absolute Gasteiger partial charge is 0.391 e. The molecule has 11 heteroatoms. The molecule has 0 aromatic carbocycles. The van der Waals surface area contributed by atoms with Crippen LogP contribution in [0.4, 0.5) is 29.2 Å². The molecule has 1 aliphatic carbocycles. The van der Waals surface area contributed by atoms with Crippen LogP contribution in [0.1, 0.15) is 32.1 Å². The van der Waals surface area contributed by atoms with Crippen molar-refractivity contribution in [1.82, 2.24) is 14.9 Å². The maximum Gasteiger partial charge on any atom is 0.391 e. The van der Waals surface area contributed by atoms with Gasteiger partial charge in [-0.1, -0.05) is 0 Å². The third-order valence-corrected chi connectivity index (χ3v) is 6.64. The third kappa shape index (κ3) is 6.28. The van der Waals surface area contributed by atoms with E-state index in [0.29, 0.717) is 45.4 Å². The number of hydrogen-bond donors (Lipinski definition) is 2. The maximum atomic E-state index is 15.0. The first-order valence-electron chi connectivity index (χ1n) is 11.0. The summed E-state index contributed by atoms with van der Waals surface area (Å²) in [7, 11) is 1.68. The second kappa shape index (κ2) is 10.7. The number of carbonyl (C=O) groups excluding carboxylic acids is 1. The van der Waals surface area contributed by atoms with Crippen molar-refractivity contribution in [2.45, 2.75) is 44.4 Å². The molecule has 2 fully saturated rings. The van der Waals surface area contributed by atoms with Crippen molar-refractivity contribution in [2.75, 3.05) is 50.0 Å². The van der Waals surface area contributed by atoms with E-state index in [-0.39, 0.29) is 42.9 Å². The Morgan fingerprint density at radius 1 is 1.25 bits per heavy atom. The number of aromatic nitrogens is 2. The van der Waals surface area contributed by atoms with Gasteiger partial charge in [0.15, 0.2) is 11.6 Å². The second-order valence-electron chi connectivity index (χ2n) is 8.92. The lowest BCUT2D eigenvalue weighted by Gasteiger charge is -2.35. The number of aldehydes is 1. The summed E-state index contributed by atoms with van der Waals surface area (Å²) in [6.45, 7) is 2.10. The maximum absolute atomic E-state index is 15.0. The van der Waals surface area contributed by atoms with Gasteiger partial charge in [-0.25, -0.2) is 9.97 Å². The van der Waals surface area contributed by atoms with E-state index >= 15 is 4.39 Å². The van der Waals surface area contributed by atoms with E-state index in [4.69, 9.17) is 0 Å². The fourth-order valence-electron chi connectivity index (χ4n) is 4.68. The lowest BCUT2D eigenvalue weighted by molar-refractivity contribution is -0.183. The summed E-state index contributed by atoms with van der Waals surface area (Å²) in [5, 5.41) is 13.3. The average Bonchev–Trinajstić information content (AvgIpc) is 2.74. The van der Waals surface area contributed by atoms with Gasteiger partial charge in [-0.15, -0.1) is 0 Å². The van der Waals surface area contributed by atoms with Crippen LogP contribution in [0.2, 0.25) is 0 Å². The number of piperidine rings is 1. The summed E-state index contributed by atoms with van der Waals surface area (Å²) >= 11 is 0. The van der Waals surface area contributed by atoms with Crippen LogP contribution < -0.4 is 10.2 Å². The van der Waals surface area contributed by atoms with Gasteiger partial charge in [0, 0.05) is 32.6 Å². The number of aliphatic hydroxyl groups is 1. The van der Waals surface area contributed by atoms with Crippen LogP contribution in [-0.2, 0) is 4.79 Å². The highest BCUT2D eigenvalue weighted by atomic mass is 19.4. The first-order valence-corrected chi connectivity index (χ1v) is 11.0. The number of aliphatic hydroxyl groups excluding tert-OH is 1. The molecule has 0 spiro atoms. The first-order chi connectivity index (χ1) is 15.2. The second-order valence-corrected chi connectivity index (χ2v) is 8.92. The van der Waals surface area contributed by atoms with Gasteiger partial charge in [0.1, 0.15) is 12.6 Å². The minimum absolute atomic E-state index is 0.0325. The van der Waals surface area contributed by atoms with Crippen LogP contribution >= 0.6 is 0 Å². The summed E-state index contributed by atoms with van der Waals surface area (Å²) < 4.78 is 53.6. The third-order valence-electron chi connectivity index (χ3n) is 6.64. The molecule has 32 heavy (non-hydrogen) atoms. The van der Waals surface area contributed by atoms with Crippen LogP contribution in [0.5, 0.6) is 0 Å². The number of rotatable bonds is 8. The van der Waals surface area contributed by atoms with Crippen molar-refractivity contribution in [3.05, 3.63) is 12.1 Å². The van der Waals surface area contributed by atoms with Gasteiger partial charge in [0.2, 0.25) is 5.82 Å². The molecule has 2 N–H and O–H groups in total. The molecule has 0 bridgehead atoms. The van der Waals surface area contributed by atoms with Crippen molar-refractivity contribution in [3.63, 3.8) is 0 Å². The Morgan fingerprint density at radius 2 is 1.97 bits per heavy atom. The molecule has 2 unspecified atom stereocenters. The van der Waals surface area contributed by atoms with Gasteiger partial charge < -0.3 is 20.1 Å². The van der Waals surface area contributed by atoms with Crippen LogP contribution in [0, 0.1) is 23.6 Å². The molecule has 7 nitrogen and oxygen atoms in total. The Morgan fingerprint density at radius 3 is 2.59 bits per heavy atom. The summed E-state index contributed by atoms with van der Waals surface area (Å²) in [4.78, 5) is 22.1. The molecule has 1 aromatic rings. The van der Waals surface area contributed by atoms with Gasteiger partial charge in [0.05, 0.1) is 18.6 Å². The normalized spacial score (nSPS) is 27.2. The molecule has 1 aromatic heterocycles. The SMILES string of the molecule is CN(CC1CCC(C(F)(F)F)CC1)c1ncnc(NCC2CCN(CC=O)CC2O)c1F. The molecule has 3 rings (SSSR count). The standard InChI is InChI=1S/C21H31F4N5O2/c1-29(11-14-2-4-16(5-3-14)21(23,24)25)20-18(22)19(27-13-28-20)26-10-15-6-7-30(8-9-31)12-17(15)32/h9,13-17,32H,2-8,10-12H2,1H3,(H,26,27,28). The Bertz CT molecular complexity index is 758. The number of carbonyl (C=O) groups is 1. The number of anilines is 2. The van der Waals surface area contributed by atoms with Gasteiger partial charge in [0.25, 0.3) is 0 Å². The largest absolute Gasteiger partial charge is 0.391 e. The number of alkyl halides is 3. The molecule has 0 radical (unpaired) electrons. The predicted octanol–water partition coefficient (Wildman–Crippen LogP) is 2.71. The fourth-order valence-corrected chi connectivity index (χ4v) is 4.68. The molecule has 180 valence electrons. The number of β-amino-alcohol motifs (C(OH)–C–C–N with tert-alkyl or cyclic N) is 1. The zero-order chi connectivity index (χ0) is 23.3. The van der Waals surface area contributed by atoms with E-state index < -0.39 is 24.0 Å². The zero-order valence-electron chi connectivity index (χ0n) is 18.2. The Balaban J connectivity index is 1.53. The molecule has 2 aliphatic rings. The number of likely N-dealkylation sites (tertiary alicyclic amines) is 1. The van der Waals surface area contributed by atoms with Crippen LogP contribution in [0.3, 0.4) is 0 Å². The monoisotopic (exact) mass is 461 g/mol. The average molecular weight is 462 g/mol. The van der Waals surface area contributed by atoms with Crippen LogP contribution in [0.25, 0.3) is 0 Å². The van der Waals surface area contributed by atoms with Crippen molar-refractivity contribution in [1.29, 1.82) is 0 Å². The molecule has 1 saturated carbocycles. The van der Waals surface area contributed by atoms with Crippen molar-refractivity contribution < 1.29 is 27.5 Å². The van der Waals surface area contributed by atoms with Gasteiger partial charge >= 0.3 is 6.18 Å². The number of halogens is 4. The Hall–Kier alpha value is -2.01. The van der Waals surface area contributed by atoms with Crippen molar-refractivity contribution in [2.24, 2.45) is 17.8 Å². The topological polar surface area (TPSA) is 81.6 Å². The summed E-state index contributed by atoms with van der Waals surface area (Å²) in [5.41, 5.74) is 0. The van der Waals surface area contributed by atoms with E-state index in [9.17, 15) is 23.1 Å². The number of nitrogens with zero attached hydrogens (tertiary/aromatic N) is 4. The fraction of sp³-hybridized carbons (Fsp3) is 0.762. The van der Waals surface area contributed by atoms with Crippen LogP contribution in [0.15, 0.2) is 6.33 Å². The van der Waals surface area contributed by atoms with Crippen LogP contribution in [-0.4, -0.2) is 78.3 Å². The highest BCUT2D eigenvalue weighted by molar-refractivity contribution is 5.52. The molecule has 1 saturated heterocycles. The molecule has 2 atom stereocenters.